The molecule has 3 aromatic carbocycles. The van der Waals surface area contributed by atoms with Crippen molar-refractivity contribution in [3.63, 3.8) is 0 Å². The lowest BCUT2D eigenvalue weighted by Crippen LogP contribution is -2.18. The highest BCUT2D eigenvalue weighted by Crippen LogP contribution is 2.23. The topological polar surface area (TPSA) is 68.6 Å². The summed E-state index contributed by atoms with van der Waals surface area (Å²) in [5.41, 5.74) is 4.31. The highest BCUT2D eigenvalue weighted by atomic mass is 79.9. The van der Waals surface area contributed by atoms with E-state index in [0.717, 1.165) is 32.2 Å². The number of nitrogens with zero attached hydrogens (tertiary/aromatic N) is 2. The van der Waals surface area contributed by atoms with E-state index in [1.54, 1.807) is 12.3 Å². The van der Waals surface area contributed by atoms with Gasteiger partial charge in [0.05, 0.1) is 23.9 Å². The summed E-state index contributed by atoms with van der Waals surface area (Å²) in [5.74, 6) is -0.795. The van der Waals surface area contributed by atoms with Crippen molar-refractivity contribution in [3.05, 3.63) is 112 Å². The Morgan fingerprint density at radius 2 is 1.73 bits per heavy atom. The number of amides is 1. The maximum absolute atomic E-state index is 12.2. The van der Waals surface area contributed by atoms with Gasteiger partial charge in [-0.1, -0.05) is 70.5 Å². The molecule has 5 nitrogen and oxygen atoms in total. The average Bonchev–Trinajstić information content (AvgIpc) is 3.22. The van der Waals surface area contributed by atoms with E-state index < -0.39 is 5.92 Å². The molecule has 6 heteroatoms. The molecule has 33 heavy (non-hydrogen) atoms. The minimum atomic E-state index is -0.392. The molecule has 1 aliphatic rings. The molecule has 0 fully saturated rings. The smallest absolute Gasteiger partial charge is 0.315 e. The molecule has 4 aromatic rings. The van der Waals surface area contributed by atoms with Gasteiger partial charge in [0.1, 0.15) is 5.92 Å². The molecule has 0 aliphatic carbocycles. The molecule has 1 atom stereocenters. The molecule has 164 valence electrons. The van der Waals surface area contributed by atoms with Gasteiger partial charge < -0.3 is 4.74 Å². The van der Waals surface area contributed by atoms with Crippen molar-refractivity contribution in [2.75, 3.05) is 7.11 Å². The maximum Gasteiger partial charge on any atom is 0.315 e. The SMILES string of the molecule is COC(=O)C(Cc1ccccc1)c1ccc2ccccc2n1.O=C1N=Cc2cc(Br)ccc21. The van der Waals surface area contributed by atoms with Crippen molar-refractivity contribution in [2.45, 2.75) is 12.3 Å². The second kappa shape index (κ2) is 10.3. The van der Waals surface area contributed by atoms with Crippen LogP contribution >= 0.6 is 15.9 Å². The highest BCUT2D eigenvalue weighted by Gasteiger charge is 2.23. The number of benzene rings is 3. The van der Waals surface area contributed by atoms with Crippen LogP contribution in [0.4, 0.5) is 0 Å². The van der Waals surface area contributed by atoms with Crippen LogP contribution in [0.25, 0.3) is 10.9 Å². The lowest BCUT2D eigenvalue weighted by molar-refractivity contribution is -0.142. The number of ether oxygens (including phenoxy) is 1. The van der Waals surface area contributed by atoms with E-state index in [1.807, 2.05) is 78.9 Å². The first-order chi connectivity index (χ1) is 16.0. The minimum Gasteiger partial charge on any atom is -0.468 e. The van der Waals surface area contributed by atoms with Crippen LogP contribution in [-0.4, -0.2) is 30.2 Å². The fraction of sp³-hybridized carbons (Fsp3) is 0.111. The summed E-state index contributed by atoms with van der Waals surface area (Å²) >= 11 is 3.31. The number of fused-ring (bicyclic) bond motifs is 2. The quantitative estimate of drug-likeness (QED) is 0.334. The van der Waals surface area contributed by atoms with E-state index in [-0.39, 0.29) is 11.9 Å². The van der Waals surface area contributed by atoms with Crippen molar-refractivity contribution in [3.8, 4) is 0 Å². The zero-order valence-corrected chi connectivity index (χ0v) is 19.5. The Labute approximate surface area is 200 Å². The Kier molecular flexibility index (Phi) is 7.05. The van der Waals surface area contributed by atoms with Crippen LogP contribution in [0, 0.1) is 0 Å². The summed E-state index contributed by atoms with van der Waals surface area (Å²) < 4.78 is 5.94. The molecule has 1 unspecified atom stereocenters. The van der Waals surface area contributed by atoms with Gasteiger partial charge in [0.25, 0.3) is 5.91 Å². The standard InChI is InChI=1S/C19H17NO2.C8H4BrNO/c1-22-19(21)16(13-14-7-3-2-4-8-14)18-12-11-15-9-5-6-10-17(15)20-18;9-6-1-2-7-5(3-6)4-10-8(7)11/h2-12,16H,13H2,1H3;1-4H. The van der Waals surface area contributed by atoms with Gasteiger partial charge in [-0.3, -0.25) is 14.6 Å². The van der Waals surface area contributed by atoms with Crippen LogP contribution in [0.2, 0.25) is 0 Å². The van der Waals surface area contributed by atoms with Crippen molar-refractivity contribution in [2.24, 2.45) is 4.99 Å². The van der Waals surface area contributed by atoms with Gasteiger partial charge in [-0.25, -0.2) is 4.99 Å². The normalized spacial score (nSPS) is 12.6. The van der Waals surface area contributed by atoms with Crippen LogP contribution in [-0.2, 0) is 16.0 Å². The summed E-state index contributed by atoms with van der Waals surface area (Å²) in [6, 6.07) is 27.2. The van der Waals surface area contributed by atoms with Crippen LogP contribution in [0.5, 0.6) is 0 Å². The number of hydrogen-bond acceptors (Lipinski definition) is 4. The Balaban J connectivity index is 0.000000196. The van der Waals surface area contributed by atoms with Gasteiger partial charge >= 0.3 is 5.97 Å². The maximum atomic E-state index is 12.2. The Morgan fingerprint density at radius 1 is 0.970 bits per heavy atom. The summed E-state index contributed by atoms with van der Waals surface area (Å²) in [7, 11) is 1.42. The Hall–Kier alpha value is -3.64. The molecule has 1 amide bonds. The fourth-order valence-electron chi connectivity index (χ4n) is 3.61. The van der Waals surface area contributed by atoms with Crippen molar-refractivity contribution in [1.29, 1.82) is 0 Å². The van der Waals surface area contributed by atoms with Gasteiger partial charge in [-0.05, 0) is 42.3 Å². The fourth-order valence-corrected chi connectivity index (χ4v) is 3.99. The highest BCUT2D eigenvalue weighted by molar-refractivity contribution is 9.10. The van der Waals surface area contributed by atoms with E-state index in [2.05, 4.69) is 25.9 Å². The third-order valence-electron chi connectivity index (χ3n) is 5.31. The molecule has 0 saturated carbocycles. The Bertz CT molecular complexity index is 1340. The van der Waals surface area contributed by atoms with E-state index in [1.165, 1.54) is 7.11 Å². The zero-order chi connectivity index (χ0) is 23.2. The number of carbonyl (C=O) groups is 2. The molecule has 1 aliphatic heterocycles. The van der Waals surface area contributed by atoms with E-state index in [4.69, 9.17) is 4.74 Å². The number of aromatic nitrogens is 1. The van der Waals surface area contributed by atoms with E-state index >= 15 is 0 Å². The predicted octanol–water partition coefficient (Wildman–Crippen LogP) is 5.76. The van der Waals surface area contributed by atoms with Crippen LogP contribution in [0.15, 0.2) is 94.4 Å². The molecule has 0 spiro atoms. The number of hydrogen-bond donors (Lipinski definition) is 0. The number of carbonyl (C=O) groups excluding carboxylic acids is 2. The van der Waals surface area contributed by atoms with Crippen LogP contribution in [0.3, 0.4) is 0 Å². The van der Waals surface area contributed by atoms with Crippen molar-refractivity contribution < 1.29 is 14.3 Å². The van der Waals surface area contributed by atoms with Gasteiger partial charge in [-0.15, -0.1) is 0 Å². The summed E-state index contributed by atoms with van der Waals surface area (Å²) in [5, 5.41) is 1.06. The lowest BCUT2D eigenvalue weighted by Gasteiger charge is -2.15. The van der Waals surface area contributed by atoms with E-state index in [9.17, 15) is 9.59 Å². The second-order valence-electron chi connectivity index (χ2n) is 7.49. The molecule has 0 saturated heterocycles. The predicted molar refractivity (Wildman–Crippen MR) is 133 cm³/mol. The monoisotopic (exact) mass is 500 g/mol. The molecule has 2 heterocycles. The summed E-state index contributed by atoms with van der Waals surface area (Å²) in [6.07, 6.45) is 2.17. The third kappa shape index (κ3) is 5.41. The molecule has 0 bridgehead atoms. The largest absolute Gasteiger partial charge is 0.468 e. The molecule has 1 aromatic heterocycles. The van der Waals surface area contributed by atoms with Crippen molar-refractivity contribution in [1.82, 2.24) is 4.98 Å². The van der Waals surface area contributed by atoms with Gasteiger partial charge in [0.2, 0.25) is 0 Å². The summed E-state index contributed by atoms with van der Waals surface area (Å²) in [6.45, 7) is 0. The van der Waals surface area contributed by atoms with Gasteiger partial charge in [0, 0.05) is 21.6 Å². The number of pyridine rings is 1. The van der Waals surface area contributed by atoms with Crippen molar-refractivity contribution >= 4 is 44.9 Å². The lowest BCUT2D eigenvalue weighted by atomic mass is 9.95. The second-order valence-corrected chi connectivity index (χ2v) is 8.40. The summed E-state index contributed by atoms with van der Waals surface area (Å²) in [4.78, 5) is 31.5. The average molecular weight is 501 g/mol. The number of methoxy groups -OCH3 is 1. The first-order valence-electron chi connectivity index (χ1n) is 10.4. The number of esters is 1. The molecular weight excluding hydrogens is 480 g/mol. The number of para-hydroxylation sites is 1. The number of halogens is 1. The van der Waals surface area contributed by atoms with Gasteiger partial charge in [-0.2, -0.15) is 0 Å². The number of aliphatic imine (C=N–C) groups is 1. The first kappa shape index (κ1) is 22.6. The van der Waals surface area contributed by atoms with Crippen LogP contribution < -0.4 is 0 Å². The molecule has 5 rings (SSSR count). The first-order valence-corrected chi connectivity index (χ1v) is 11.2. The zero-order valence-electron chi connectivity index (χ0n) is 17.9. The third-order valence-corrected chi connectivity index (χ3v) is 5.80. The molecule has 0 N–H and O–H groups in total. The molecule has 0 radical (unpaired) electrons. The Morgan fingerprint density at radius 3 is 2.52 bits per heavy atom. The molecular formula is C27H21BrN2O3. The minimum absolute atomic E-state index is 0.146. The van der Waals surface area contributed by atoms with E-state index in [0.29, 0.717) is 12.0 Å². The number of rotatable bonds is 4. The van der Waals surface area contributed by atoms with Gasteiger partial charge in [0.15, 0.2) is 0 Å². The van der Waals surface area contributed by atoms with Crippen LogP contribution in [0.1, 0.15) is 33.1 Å².